The van der Waals surface area contributed by atoms with Crippen molar-refractivity contribution in [1.82, 2.24) is 5.32 Å². The van der Waals surface area contributed by atoms with Crippen molar-refractivity contribution in [3.63, 3.8) is 0 Å². The van der Waals surface area contributed by atoms with Crippen LogP contribution in [0.5, 0.6) is 5.75 Å². The van der Waals surface area contributed by atoms with Gasteiger partial charge in [-0.15, -0.1) is 0 Å². The summed E-state index contributed by atoms with van der Waals surface area (Å²) >= 11 is 0. The second-order valence-corrected chi connectivity index (χ2v) is 5.15. The van der Waals surface area contributed by atoms with Gasteiger partial charge in [0.25, 0.3) is 0 Å². The number of aryl methyl sites for hydroxylation is 2. The zero-order valence-corrected chi connectivity index (χ0v) is 12.6. The van der Waals surface area contributed by atoms with Gasteiger partial charge >= 0.3 is 0 Å². The van der Waals surface area contributed by atoms with E-state index >= 15 is 0 Å². The van der Waals surface area contributed by atoms with Crippen LogP contribution in [-0.2, 0) is 0 Å². The number of benzene rings is 2. The zero-order chi connectivity index (χ0) is 15.6. The fourth-order valence-electron chi connectivity index (χ4n) is 2.61. The molecule has 4 heteroatoms. The molecule has 0 saturated carbocycles. The van der Waals surface area contributed by atoms with Gasteiger partial charge in [-0.05, 0) is 26.5 Å². The lowest BCUT2D eigenvalue weighted by molar-refractivity contribution is 0.403. The van der Waals surface area contributed by atoms with Crippen LogP contribution in [0.1, 0.15) is 28.3 Å². The van der Waals surface area contributed by atoms with Crippen LogP contribution in [0.2, 0.25) is 0 Å². The minimum Gasteiger partial charge on any atom is -0.497 e. The SMILES string of the molecule is CNC(c1cc(C)cc(C)c1)c1c(F)cc(OC)cc1F. The van der Waals surface area contributed by atoms with Gasteiger partial charge in [-0.2, -0.15) is 0 Å². The Morgan fingerprint density at radius 2 is 1.48 bits per heavy atom. The quantitative estimate of drug-likeness (QED) is 0.922. The van der Waals surface area contributed by atoms with E-state index in [9.17, 15) is 8.78 Å². The topological polar surface area (TPSA) is 21.3 Å². The molecule has 2 rings (SSSR count). The van der Waals surface area contributed by atoms with Gasteiger partial charge in [0.1, 0.15) is 17.4 Å². The maximum atomic E-state index is 14.3. The van der Waals surface area contributed by atoms with Crippen molar-refractivity contribution in [3.8, 4) is 5.75 Å². The van der Waals surface area contributed by atoms with Crippen molar-refractivity contribution in [1.29, 1.82) is 0 Å². The van der Waals surface area contributed by atoms with Crippen LogP contribution >= 0.6 is 0 Å². The normalized spacial score (nSPS) is 12.3. The van der Waals surface area contributed by atoms with Gasteiger partial charge < -0.3 is 10.1 Å². The van der Waals surface area contributed by atoms with Crippen LogP contribution in [-0.4, -0.2) is 14.2 Å². The number of rotatable bonds is 4. The Bertz CT molecular complexity index is 612. The summed E-state index contributed by atoms with van der Waals surface area (Å²) in [4.78, 5) is 0. The molecule has 2 aromatic carbocycles. The Balaban J connectivity index is 2.56. The molecule has 21 heavy (non-hydrogen) atoms. The van der Waals surface area contributed by atoms with Crippen molar-refractivity contribution in [2.45, 2.75) is 19.9 Å². The molecule has 0 radical (unpaired) electrons. The summed E-state index contributed by atoms with van der Waals surface area (Å²) in [5.41, 5.74) is 2.94. The largest absolute Gasteiger partial charge is 0.497 e. The van der Waals surface area contributed by atoms with Crippen LogP contribution in [0.3, 0.4) is 0 Å². The lowest BCUT2D eigenvalue weighted by Gasteiger charge is -2.20. The van der Waals surface area contributed by atoms with Crippen molar-refractivity contribution >= 4 is 0 Å². The molecule has 0 aliphatic carbocycles. The highest BCUT2D eigenvalue weighted by Crippen LogP contribution is 2.30. The summed E-state index contributed by atoms with van der Waals surface area (Å²) in [5, 5.41) is 2.99. The third kappa shape index (κ3) is 3.22. The predicted molar refractivity (Wildman–Crippen MR) is 79.7 cm³/mol. The first kappa shape index (κ1) is 15.4. The summed E-state index contributed by atoms with van der Waals surface area (Å²) in [6, 6.07) is 7.73. The fraction of sp³-hybridized carbons (Fsp3) is 0.294. The Hall–Kier alpha value is -1.94. The number of ether oxygens (including phenoxy) is 1. The maximum absolute atomic E-state index is 14.3. The molecule has 1 atom stereocenters. The third-order valence-electron chi connectivity index (χ3n) is 3.44. The molecule has 0 spiro atoms. The average Bonchev–Trinajstić information content (AvgIpc) is 2.41. The van der Waals surface area contributed by atoms with Gasteiger partial charge in [0.2, 0.25) is 0 Å². The average molecular weight is 291 g/mol. The van der Waals surface area contributed by atoms with E-state index in [1.54, 1.807) is 7.05 Å². The predicted octanol–water partition coefficient (Wildman–Crippen LogP) is 3.90. The molecule has 0 fully saturated rings. The zero-order valence-electron chi connectivity index (χ0n) is 12.6. The van der Waals surface area contributed by atoms with E-state index in [4.69, 9.17) is 4.74 Å². The first-order valence-electron chi connectivity index (χ1n) is 6.74. The van der Waals surface area contributed by atoms with E-state index in [1.807, 2.05) is 32.0 Å². The maximum Gasteiger partial charge on any atom is 0.134 e. The van der Waals surface area contributed by atoms with Gasteiger partial charge in [0.15, 0.2) is 0 Å². The molecular weight excluding hydrogens is 272 g/mol. The second-order valence-electron chi connectivity index (χ2n) is 5.15. The lowest BCUT2D eigenvalue weighted by Crippen LogP contribution is -2.21. The molecule has 0 amide bonds. The summed E-state index contributed by atoms with van der Waals surface area (Å²) in [7, 11) is 3.07. The molecule has 2 aromatic rings. The van der Waals surface area contributed by atoms with Crippen molar-refractivity contribution in [3.05, 3.63) is 64.2 Å². The minimum absolute atomic E-state index is 0.00306. The number of hydrogen-bond acceptors (Lipinski definition) is 2. The van der Waals surface area contributed by atoms with Gasteiger partial charge in [-0.3, -0.25) is 0 Å². The van der Waals surface area contributed by atoms with E-state index in [-0.39, 0.29) is 11.3 Å². The highest BCUT2D eigenvalue weighted by atomic mass is 19.1. The number of methoxy groups -OCH3 is 1. The van der Waals surface area contributed by atoms with Gasteiger partial charge in [0.05, 0.1) is 13.2 Å². The van der Waals surface area contributed by atoms with Crippen LogP contribution in [0.15, 0.2) is 30.3 Å². The molecule has 0 heterocycles. The van der Waals surface area contributed by atoms with E-state index in [0.717, 1.165) is 16.7 Å². The van der Waals surface area contributed by atoms with E-state index in [2.05, 4.69) is 5.32 Å². The molecule has 0 bridgehead atoms. The summed E-state index contributed by atoms with van der Waals surface area (Å²) in [6.45, 7) is 3.92. The second kappa shape index (κ2) is 6.22. The van der Waals surface area contributed by atoms with Gasteiger partial charge in [-0.1, -0.05) is 29.3 Å². The van der Waals surface area contributed by atoms with Crippen molar-refractivity contribution < 1.29 is 13.5 Å². The van der Waals surface area contributed by atoms with Crippen molar-refractivity contribution in [2.75, 3.05) is 14.2 Å². The standard InChI is InChI=1S/C17H19F2NO/c1-10-5-11(2)7-12(6-10)17(20-3)16-14(18)8-13(21-4)9-15(16)19/h5-9,17,20H,1-4H3. The minimum atomic E-state index is -0.620. The summed E-state index contributed by atoms with van der Waals surface area (Å²) in [6.07, 6.45) is 0. The molecule has 0 aliphatic rings. The Morgan fingerprint density at radius 1 is 0.952 bits per heavy atom. The molecule has 0 aromatic heterocycles. The molecular formula is C17H19F2NO. The van der Waals surface area contributed by atoms with E-state index in [0.29, 0.717) is 0 Å². The highest BCUT2D eigenvalue weighted by molar-refractivity contribution is 5.40. The molecule has 0 aliphatic heterocycles. The van der Waals surface area contributed by atoms with Crippen molar-refractivity contribution in [2.24, 2.45) is 0 Å². The van der Waals surface area contributed by atoms with Crippen LogP contribution in [0.25, 0.3) is 0 Å². The first-order chi connectivity index (χ1) is 9.96. The number of nitrogens with one attached hydrogen (secondary N) is 1. The Morgan fingerprint density at radius 3 is 1.90 bits per heavy atom. The smallest absolute Gasteiger partial charge is 0.134 e. The summed E-state index contributed by atoms with van der Waals surface area (Å²) < 4.78 is 33.4. The monoisotopic (exact) mass is 291 g/mol. The van der Waals surface area contributed by atoms with Gasteiger partial charge in [0, 0.05) is 17.7 Å². The van der Waals surface area contributed by atoms with Crippen LogP contribution in [0, 0.1) is 25.5 Å². The molecule has 2 nitrogen and oxygen atoms in total. The lowest BCUT2D eigenvalue weighted by atomic mass is 9.95. The molecule has 0 saturated heterocycles. The third-order valence-corrected chi connectivity index (χ3v) is 3.44. The fourth-order valence-corrected chi connectivity index (χ4v) is 2.61. The van der Waals surface area contributed by atoms with E-state index in [1.165, 1.54) is 19.2 Å². The first-order valence-corrected chi connectivity index (χ1v) is 6.74. The molecule has 1 unspecified atom stereocenters. The van der Waals surface area contributed by atoms with Crippen LogP contribution < -0.4 is 10.1 Å². The Kier molecular flexibility index (Phi) is 4.58. The van der Waals surface area contributed by atoms with Crippen LogP contribution in [0.4, 0.5) is 8.78 Å². The Labute approximate surface area is 123 Å². The molecule has 1 N–H and O–H groups in total. The highest BCUT2D eigenvalue weighted by Gasteiger charge is 2.22. The van der Waals surface area contributed by atoms with E-state index < -0.39 is 17.7 Å². The molecule has 112 valence electrons. The summed E-state index contributed by atoms with van der Waals surface area (Å²) in [5.74, 6) is -1.07. The number of halogens is 2. The van der Waals surface area contributed by atoms with Gasteiger partial charge in [-0.25, -0.2) is 8.78 Å². The number of hydrogen-bond donors (Lipinski definition) is 1.